The molecule has 0 bridgehead atoms. The van der Waals surface area contributed by atoms with Crippen molar-refractivity contribution in [1.29, 1.82) is 0 Å². The summed E-state index contributed by atoms with van der Waals surface area (Å²) in [5, 5.41) is 5.20. The molecule has 4 heterocycles. The number of benzene rings is 1. The maximum absolute atomic E-state index is 14.3. The molecule has 6 rings (SSSR count). The lowest BCUT2D eigenvalue weighted by molar-refractivity contribution is -0.139. The molecule has 18 heteroatoms. The SMILES string of the molecule is CCCCC1[C@@H]2[C@H]1C[C@@H](C(=O)Cc1nc(Br)ccc1C)N2C(=O)Cn1nc(C(C)=O)c2cc(-c3cnc(CCC(=O)COP(=O)(OCCOC)OCCOC)nc3)ccc21. The Kier molecular flexibility index (Phi) is 15.6. The van der Waals surface area contributed by atoms with Gasteiger partial charge in [0.05, 0.1) is 50.1 Å². The van der Waals surface area contributed by atoms with Crippen molar-refractivity contribution >= 4 is 57.9 Å². The van der Waals surface area contributed by atoms with Gasteiger partial charge in [-0.2, -0.15) is 5.10 Å². The van der Waals surface area contributed by atoms with Crippen molar-refractivity contribution in [3.63, 3.8) is 0 Å². The largest absolute Gasteiger partial charge is 0.475 e. The normalized spacial score (nSPS) is 18.5. The van der Waals surface area contributed by atoms with Crippen molar-refractivity contribution in [2.75, 3.05) is 47.3 Å². The van der Waals surface area contributed by atoms with Crippen molar-refractivity contribution in [2.45, 2.75) is 84.3 Å². The van der Waals surface area contributed by atoms with Crippen molar-refractivity contribution in [2.24, 2.45) is 11.8 Å². The number of pyridine rings is 1. The highest BCUT2D eigenvalue weighted by atomic mass is 79.9. The first-order valence-electron chi connectivity index (χ1n) is 20.2. The highest BCUT2D eigenvalue weighted by molar-refractivity contribution is 9.10. The number of phosphoric acid groups is 1. The molecular formula is C42H52BrN6O10P. The Balaban J connectivity index is 1.12. The maximum atomic E-state index is 14.3. The lowest BCUT2D eigenvalue weighted by Gasteiger charge is -2.28. The molecule has 1 aliphatic carbocycles. The molecule has 3 aromatic heterocycles. The first-order valence-corrected chi connectivity index (χ1v) is 22.4. The third-order valence-corrected chi connectivity index (χ3v) is 12.9. The molecule has 2 aliphatic rings. The predicted octanol–water partition coefficient (Wildman–Crippen LogP) is 6.33. The zero-order chi connectivity index (χ0) is 43.0. The summed E-state index contributed by atoms with van der Waals surface area (Å²) in [4.78, 5) is 68.9. The van der Waals surface area contributed by atoms with Crippen LogP contribution in [0.15, 0.2) is 47.3 Å². The number of methoxy groups -OCH3 is 2. The van der Waals surface area contributed by atoms with Gasteiger partial charge in [0.1, 0.15) is 29.3 Å². The van der Waals surface area contributed by atoms with Gasteiger partial charge in [0.25, 0.3) is 0 Å². The van der Waals surface area contributed by atoms with Crippen LogP contribution in [0.5, 0.6) is 0 Å². The highest BCUT2D eigenvalue weighted by Crippen LogP contribution is 2.56. The number of phosphoric ester groups is 1. The van der Waals surface area contributed by atoms with E-state index in [2.05, 4.69) is 42.9 Å². The Bertz CT molecular complexity index is 2220. The van der Waals surface area contributed by atoms with Gasteiger partial charge in [-0.15, -0.1) is 0 Å². The maximum Gasteiger partial charge on any atom is 0.475 e. The summed E-state index contributed by atoms with van der Waals surface area (Å²) in [5.41, 5.74) is 3.85. The number of aromatic nitrogens is 5. The summed E-state index contributed by atoms with van der Waals surface area (Å²) in [5.74, 6) is 0.257. The topological polar surface area (TPSA) is 191 Å². The van der Waals surface area contributed by atoms with Crippen LogP contribution in [0.25, 0.3) is 22.0 Å². The van der Waals surface area contributed by atoms with E-state index in [0.29, 0.717) is 50.8 Å². The smallest absolute Gasteiger partial charge is 0.382 e. The van der Waals surface area contributed by atoms with E-state index < -0.39 is 20.5 Å². The van der Waals surface area contributed by atoms with E-state index in [9.17, 15) is 23.7 Å². The van der Waals surface area contributed by atoms with E-state index in [4.69, 9.17) is 23.0 Å². The molecule has 322 valence electrons. The van der Waals surface area contributed by atoms with Gasteiger partial charge >= 0.3 is 7.82 Å². The van der Waals surface area contributed by atoms with Crippen LogP contribution in [0.2, 0.25) is 0 Å². The molecule has 0 radical (unpaired) electrons. The van der Waals surface area contributed by atoms with E-state index in [0.717, 1.165) is 30.4 Å². The first kappa shape index (κ1) is 45.4. The van der Waals surface area contributed by atoms with Gasteiger partial charge in [-0.3, -0.25) is 37.4 Å². The number of nitrogens with zero attached hydrogens (tertiary/aromatic N) is 6. The fraction of sp³-hybridized carbons (Fsp3) is 0.524. The average molecular weight is 912 g/mol. The Hall–Kier alpha value is -4.09. The summed E-state index contributed by atoms with van der Waals surface area (Å²) in [7, 11) is -1.07. The molecule has 2 fully saturated rings. The zero-order valence-corrected chi connectivity index (χ0v) is 37.1. The fourth-order valence-electron chi connectivity index (χ4n) is 7.82. The zero-order valence-electron chi connectivity index (χ0n) is 34.6. The lowest BCUT2D eigenvalue weighted by atomic mass is 9.98. The van der Waals surface area contributed by atoms with Gasteiger partial charge < -0.3 is 14.4 Å². The standard InChI is InChI=1S/C42H52BrN6O10P/c1-6-7-8-31-32-20-36(37(52)21-34-26(2)9-13-38(43)46-34)49(42(31)32)40(53)24-48-35-12-10-28(19-33(35)41(47-48)27(3)50)29-22-44-39(45-23-29)14-11-30(51)25-59-60(54,57-17-15-55-4)58-18-16-56-5/h9-10,12-13,19,22-23,31-32,36,42H,6-8,11,14-18,20-21,24-25H2,1-5H3/t31?,32-,36-,42+/m0/s1. The Labute approximate surface area is 357 Å². The Morgan fingerprint density at radius 2 is 1.67 bits per heavy atom. The van der Waals surface area contributed by atoms with E-state index in [1.54, 1.807) is 17.1 Å². The second kappa shape index (κ2) is 20.6. The molecule has 1 amide bonds. The molecule has 4 aromatic rings. The van der Waals surface area contributed by atoms with E-state index in [1.807, 2.05) is 42.2 Å². The minimum Gasteiger partial charge on any atom is -0.382 e. The lowest BCUT2D eigenvalue weighted by Crippen LogP contribution is -2.46. The molecule has 1 aliphatic heterocycles. The van der Waals surface area contributed by atoms with Crippen molar-refractivity contribution in [3.05, 3.63) is 70.1 Å². The van der Waals surface area contributed by atoms with Crippen LogP contribution in [0, 0.1) is 18.8 Å². The molecule has 0 spiro atoms. The number of hydrogen-bond acceptors (Lipinski definition) is 14. The molecular weight excluding hydrogens is 859 g/mol. The molecule has 4 atom stereocenters. The van der Waals surface area contributed by atoms with E-state index in [1.165, 1.54) is 21.1 Å². The number of ketones is 3. The van der Waals surface area contributed by atoms with Crippen molar-refractivity contribution in [3.8, 4) is 11.1 Å². The summed E-state index contributed by atoms with van der Waals surface area (Å²) < 4.78 is 40.7. The summed E-state index contributed by atoms with van der Waals surface area (Å²) in [6.45, 7) is 5.14. The number of amides is 1. The van der Waals surface area contributed by atoms with Crippen molar-refractivity contribution < 1.29 is 46.8 Å². The summed E-state index contributed by atoms with van der Waals surface area (Å²) in [6.07, 6.45) is 7.43. The third kappa shape index (κ3) is 11.0. The first-order chi connectivity index (χ1) is 28.9. The molecule has 60 heavy (non-hydrogen) atoms. The van der Waals surface area contributed by atoms with Crippen LogP contribution in [0.1, 0.15) is 73.5 Å². The number of carbonyl (C=O) groups excluding carboxylic acids is 4. The minimum absolute atomic E-state index is 0.0139. The fourth-order valence-corrected chi connectivity index (χ4v) is 9.29. The number of carbonyl (C=O) groups is 4. The summed E-state index contributed by atoms with van der Waals surface area (Å²) >= 11 is 3.42. The van der Waals surface area contributed by atoms with Crippen LogP contribution in [-0.2, 0) is 61.4 Å². The quantitative estimate of drug-likeness (QED) is 0.0328. The Morgan fingerprint density at radius 1 is 0.950 bits per heavy atom. The average Bonchev–Trinajstić information content (AvgIpc) is 3.53. The van der Waals surface area contributed by atoms with E-state index >= 15 is 0 Å². The van der Waals surface area contributed by atoms with Crippen LogP contribution < -0.4 is 0 Å². The number of hydrogen-bond donors (Lipinski definition) is 0. The molecule has 0 N–H and O–H groups in total. The van der Waals surface area contributed by atoms with Crippen molar-refractivity contribution in [1.82, 2.24) is 29.6 Å². The van der Waals surface area contributed by atoms with Gasteiger partial charge in [-0.1, -0.05) is 31.9 Å². The molecule has 1 aromatic carbocycles. The number of fused-ring (bicyclic) bond motifs is 2. The molecule has 16 nitrogen and oxygen atoms in total. The van der Waals surface area contributed by atoms with Crippen LogP contribution in [0.4, 0.5) is 0 Å². The Morgan fingerprint density at radius 3 is 2.33 bits per heavy atom. The number of likely N-dealkylation sites (tertiary alicyclic amines) is 1. The molecule has 1 unspecified atom stereocenters. The van der Waals surface area contributed by atoms with E-state index in [-0.39, 0.29) is 87.2 Å². The van der Waals surface area contributed by atoms with Gasteiger partial charge in [-0.05, 0) is 76.9 Å². The third-order valence-electron chi connectivity index (χ3n) is 11.0. The summed E-state index contributed by atoms with van der Waals surface area (Å²) in [6, 6.07) is 8.74. The number of ether oxygens (including phenoxy) is 2. The second-order valence-electron chi connectivity index (χ2n) is 15.1. The molecule has 1 saturated carbocycles. The number of Topliss-reactive ketones (excluding diaryl/α,β-unsaturated/α-hetero) is 3. The second-order valence-corrected chi connectivity index (χ2v) is 17.6. The number of aryl methyl sites for hydroxylation is 2. The number of rotatable bonds is 24. The molecule has 1 saturated heterocycles. The van der Waals surface area contributed by atoms with Gasteiger partial charge in [-0.25, -0.2) is 19.5 Å². The van der Waals surface area contributed by atoms with Gasteiger partial charge in [0.2, 0.25) is 5.91 Å². The minimum atomic E-state index is -4.01. The monoisotopic (exact) mass is 910 g/mol. The number of unbranched alkanes of at least 4 members (excludes halogenated alkanes) is 1. The predicted molar refractivity (Wildman–Crippen MR) is 224 cm³/mol. The van der Waals surface area contributed by atoms with Crippen LogP contribution in [0.3, 0.4) is 0 Å². The highest BCUT2D eigenvalue weighted by Gasteiger charge is 2.62. The van der Waals surface area contributed by atoms with Gasteiger partial charge in [0, 0.05) is 63.4 Å². The van der Waals surface area contributed by atoms with Crippen LogP contribution >= 0.6 is 23.8 Å². The number of piperidine rings is 1. The number of halogens is 1. The van der Waals surface area contributed by atoms with Gasteiger partial charge in [0.15, 0.2) is 17.3 Å². The van der Waals surface area contributed by atoms with Crippen LogP contribution in [-0.4, -0.2) is 112 Å².